The maximum absolute atomic E-state index is 12.7. The number of nitrogens with zero attached hydrogens (tertiary/aromatic N) is 4. The zero-order valence-corrected chi connectivity index (χ0v) is 16.1. The number of carbonyl (C=O) groups is 1. The van der Waals surface area contributed by atoms with E-state index in [9.17, 15) is 4.79 Å². The molecule has 0 bridgehead atoms. The molecule has 1 aliphatic heterocycles. The van der Waals surface area contributed by atoms with E-state index in [4.69, 9.17) is 0 Å². The molecular formula is C22H25N5O. The standard InChI is InChI=1S/C22H25N5O/c1-16-25-19(14-20(26-16)22-23-11-12-24-22)18-8-5-13-27(15-18)21(28)10-9-17-6-3-2-4-7-17/h2-4,6-7,11-12,14,18H,5,8-10,13,15H2,1H3,(H,23,24)/t18-/m0/s1. The van der Waals surface area contributed by atoms with Gasteiger partial charge in [0.05, 0.1) is 0 Å². The number of aryl methyl sites for hydroxylation is 2. The predicted octanol–water partition coefficient (Wildman–Crippen LogP) is 3.51. The minimum Gasteiger partial charge on any atom is -0.343 e. The minimum atomic E-state index is 0.227. The Balaban J connectivity index is 1.44. The van der Waals surface area contributed by atoms with Crippen LogP contribution in [0.25, 0.3) is 11.5 Å². The Labute approximate surface area is 165 Å². The number of rotatable bonds is 5. The lowest BCUT2D eigenvalue weighted by molar-refractivity contribution is -0.132. The molecule has 1 N–H and O–H groups in total. The van der Waals surface area contributed by atoms with Crippen LogP contribution >= 0.6 is 0 Å². The summed E-state index contributed by atoms with van der Waals surface area (Å²) in [4.78, 5) is 31.3. The van der Waals surface area contributed by atoms with E-state index in [0.29, 0.717) is 6.42 Å². The lowest BCUT2D eigenvalue weighted by Gasteiger charge is -2.32. The first-order valence-corrected chi connectivity index (χ1v) is 9.86. The number of hydrogen-bond donors (Lipinski definition) is 1. The highest BCUT2D eigenvalue weighted by molar-refractivity contribution is 5.76. The first-order valence-electron chi connectivity index (χ1n) is 9.86. The number of H-pyrrole nitrogens is 1. The van der Waals surface area contributed by atoms with Gasteiger partial charge in [0.15, 0.2) is 5.82 Å². The lowest BCUT2D eigenvalue weighted by atomic mass is 9.93. The van der Waals surface area contributed by atoms with Gasteiger partial charge >= 0.3 is 0 Å². The Kier molecular flexibility index (Phi) is 5.46. The third-order valence-electron chi connectivity index (χ3n) is 5.26. The molecule has 6 heteroatoms. The molecule has 2 aromatic heterocycles. The lowest BCUT2D eigenvalue weighted by Crippen LogP contribution is -2.39. The van der Waals surface area contributed by atoms with Gasteiger partial charge in [0.2, 0.25) is 5.91 Å². The summed E-state index contributed by atoms with van der Waals surface area (Å²) in [6, 6.07) is 12.2. The SMILES string of the molecule is Cc1nc(-c2ncc[nH]2)cc([C@H]2CCCN(C(=O)CCc3ccccc3)C2)n1. The van der Waals surface area contributed by atoms with Gasteiger partial charge in [-0.25, -0.2) is 15.0 Å². The molecule has 144 valence electrons. The van der Waals surface area contributed by atoms with E-state index < -0.39 is 0 Å². The summed E-state index contributed by atoms with van der Waals surface area (Å²) in [7, 11) is 0. The molecule has 0 aliphatic carbocycles. The van der Waals surface area contributed by atoms with Crippen molar-refractivity contribution < 1.29 is 4.79 Å². The maximum Gasteiger partial charge on any atom is 0.222 e. The Bertz CT molecular complexity index is 923. The molecular weight excluding hydrogens is 350 g/mol. The quantitative estimate of drug-likeness (QED) is 0.740. The second kappa shape index (κ2) is 8.33. The Hall–Kier alpha value is -3.02. The number of carbonyl (C=O) groups excluding carboxylic acids is 1. The fraction of sp³-hybridized carbons (Fsp3) is 0.364. The number of benzene rings is 1. The van der Waals surface area contributed by atoms with Gasteiger partial charge in [0, 0.05) is 43.5 Å². The van der Waals surface area contributed by atoms with Crippen molar-refractivity contribution in [2.24, 2.45) is 0 Å². The molecule has 3 aromatic rings. The highest BCUT2D eigenvalue weighted by atomic mass is 16.2. The summed E-state index contributed by atoms with van der Waals surface area (Å²) in [6.45, 7) is 3.46. The average molecular weight is 375 g/mol. The summed E-state index contributed by atoms with van der Waals surface area (Å²) in [5.41, 5.74) is 3.01. The van der Waals surface area contributed by atoms with Gasteiger partial charge in [-0.2, -0.15) is 0 Å². The second-order valence-corrected chi connectivity index (χ2v) is 7.33. The number of likely N-dealkylation sites (tertiary alicyclic amines) is 1. The zero-order chi connectivity index (χ0) is 19.3. The first kappa shape index (κ1) is 18.3. The molecule has 1 amide bonds. The van der Waals surface area contributed by atoms with E-state index in [1.54, 1.807) is 12.4 Å². The molecule has 0 radical (unpaired) electrons. The molecule has 1 aromatic carbocycles. The highest BCUT2D eigenvalue weighted by Gasteiger charge is 2.26. The van der Waals surface area contributed by atoms with Crippen LogP contribution in [0.3, 0.4) is 0 Å². The number of hydrogen-bond acceptors (Lipinski definition) is 4. The van der Waals surface area contributed by atoms with Gasteiger partial charge in [-0.1, -0.05) is 30.3 Å². The van der Waals surface area contributed by atoms with Gasteiger partial charge < -0.3 is 9.88 Å². The Morgan fingerprint density at radius 2 is 2.11 bits per heavy atom. The second-order valence-electron chi connectivity index (χ2n) is 7.33. The van der Waals surface area contributed by atoms with Crippen LogP contribution in [0, 0.1) is 6.92 Å². The van der Waals surface area contributed by atoms with E-state index in [2.05, 4.69) is 32.1 Å². The fourth-order valence-electron chi connectivity index (χ4n) is 3.83. The van der Waals surface area contributed by atoms with Gasteiger partial charge in [-0.05, 0) is 37.8 Å². The van der Waals surface area contributed by atoms with Crippen LogP contribution in [0.2, 0.25) is 0 Å². The number of aromatic nitrogens is 4. The number of piperidine rings is 1. The van der Waals surface area contributed by atoms with E-state index in [1.165, 1.54) is 5.56 Å². The van der Waals surface area contributed by atoms with E-state index >= 15 is 0 Å². The third-order valence-corrected chi connectivity index (χ3v) is 5.26. The van der Waals surface area contributed by atoms with Crippen molar-refractivity contribution >= 4 is 5.91 Å². The highest BCUT2D eigenvalue weighted by Crippen LogP contribution is 2.28. The molecule has 0 spiro atoms. The van der Waals surface area contributed by atoms with Crippen molar-refractivity contribution in [2.45, 2.75) is 38.5 Å². The zero-order valence-electron chi connectivity index (χ0n) is 16.1. The molecule has 6 nitrogen and oxygen atoms in total. The van der Waals surface area contributed by atoms with Crippen molar-refractivity contribution in [1.29, 1.82) is 0 Å². The van der Waals surface area contributed by atoms with Crippen LogP contribution in [-0.4, -0.2) is 43.8 Å². The van der Waals surface area contributed by atoms with Gasteiger partial charge in [0.25, 0.3) is 0 Å². The summed E-state index contributed by atoms with van der Waals surface area (Å²) in [5, 5.41) is 0. The van der Waals surface area contributed by atoms with Crippen molar-refractivity contribution in [3.8, 4) is 11.5 Å². The topological polar surface area (TPSA) is 74.8 Å². The summed E-state index contributed by atoms with van der Waals surface area (Å²) in [6.07, 6.45) is 6.89. The number of aromatic amines is 1. The van der Waals surface area contributed by atoms with Crippen LogP contribution in [0.5, 0.6) is 0 Å². The van der Waals surface area contributed by atoms with Crippen molar-refractivity contribution in [3.05, 3.63) is 65.9 Å². The smallest absolute Gasteiger partial charge is 0.222 e. The van der Waals surface area contributed by atoms with E-state index in [0.717, 1.165) is 55.4 Å². The van der Waals surface area contributed by atoms with Crippen LogP contribution in [0.15, 0.2) is 48.8 Å². The molecule has 1 fully saturated rings. The van der Waals surface area contributed by atoms with E-state index in [1.807, 2.05) is 36.1 Å². The molecule has 0 unspecified atom stereocenters. The molecule has 0 saturated carbocycles. The predicted molar refractivity (Wildman–Crippen MR) is 108 cm³/mol. The third kappa shape index (κ3) is 4.27. The van der Waals surface area contributed by atoms with Gasteiger partial charge in [-0.3, -0.25) is 4.79 Å². The van der Waals surface area contributed by atoms with Crippen molar-refractivity contribution in [3.63, 3.8) is 0 Å². The number of imidazole rings is 1. The van der Waals surface area contributed by atoms with Crippen LogP contribution in [0.4, 0.5) is 0 Å². The summed E-state index contributed by atoms with van der Waals surface area (Å²) in [5.74, 6) is 1.95. The maximum atomic E-state index is 12.7. The van der Waals surface area contributed by atoms with Gasteiger partial charge in [0.1, 0.15) is 11.5 Å². The normalized spacial score (nSPS) is 16.9. The van der Waals surface area contributed by atoms with Crippen LogP contribution < -0.4 is 0 Å². The van der Waals surface area contributed by atoms with Crippen LogP contribution in [-0.2, 0) is 11.2 Å². The monoisotopic (exact) mass is 375 g/mol. The van der Waals surface area contributed by atoms with E-state index in [-0.39, 0.29) is 11.8 Å². The number of amides is 1. The molecule has 1 saturated heterocycles. The van der Waals surface area contributed by atoms with Crippen molar-refractivity contribution in [2.75, 3.05) is 13.1 Å². The van der Waals surface area contributed by atoms with Crippen molar-refractivity contribution in [1.82, 2.24) is 24.8 Å². The van der Waals surface area contributed by atoms with Gasteiger partial charge in [-0.15, -0.1) is 0 Å². The molecule has 1 aliphatic rings. The fourth-order valence-corrected chi connectivity index (χ4v) is 3.83. The molecule has 3 heterocycles. The van der Waals surface area contributed by atoms with Crippen LogP contribution in [0.1, 0.15) is 42.3 Å². The summed E-state index contributed by atoms with van der Waals surface area (Å²) >= 11 is 0. The first-order chi connectivity index (χ1) is 13.7. The Morgan fingerprint density at radius 1 is 1.25 bits per heavy atom. The number of nitrogens with one attached hydrogen (secondary N) is 1. The largest absolute Gasteiger partial charge is 0.343 e. The molecule has 28 heavy (non-hydrogen) atoms. The minimum absolute atomic E-state index is 0.227. The average Bonchev–Trinajstić information content (AvgIpc) is 3.27. The molecule has 1 atom stereocenters. The Morgan fingerprint density at radius 3 is 2.89 bits per heavy atom. The summed E-state index contributed by atoms with van der Waals surface area (Å²) < 4.78 is 0. The molecule has 4 rings (SSSR count).